The van der Waals surface area contributed by atoms with Crippen LogP contribution in [0.3, 0.4) is 0 Å². The Kier molecular flexibility index (Phi) is 4.37. The fourth-order valence-electron chi connectivity index (χ4n) is 2.67. The van der Waals surface area contributed by atoms with Crippen molar-refractivity contribution in [3.63, 3.8) is 0 Å². The molecule has 0 radical (unpaired) electrons. The number of rotatable bonds is 3. The van der Waals surface area contributed by atoms with Gasteiger partial charge in [-0.2, -0.15) is 13.2 Å². The monoisotopic (exact) mass is 336 g/mol. The zero-order chi connectivity index (χ0) is 17.2. The van der Waals surface area contributed by atoms with Crippen LogP contribution in [0.25, 0.3) is 0 Å². The predicted molar refractivity (Wildman–Crippen MR) is 81.9 cm³/mol. The normalized spacial score (nSPS) is 17.8. The van der Waals surface area contributed by atoms with Gasteiger partial charge in [0.2, 0.25) is 5.95 Å². The first-order valence-corrected chi connectivity index (χ1v) is 7.47. The number of hydrogen-bond donors (Lipinski definition) is 1. The minimum atomic E-state index is -4.41. The highest BCUT2D eigenvalue weighted by Crippen LogP contribution is 2.33. The number of alkyl halides is 3. The average Bonchev–Trinajstić information content (AvgIpc) is 3.06. The van der Waals surface area contributed by atoms with Crippen LogP contribution < -0.4 is 5.32 Å². The Labute approximate surface area is 136 Å². The maximum atomic E-state index is 13.0. The second-order valence-electron chi connectivity index (χ2n) is 5.48. The molecule has 0 aliphatic carbocycles. The number of nitrogens with one attached hydrogen (secondary N) is 1. The lowest BCUT2D eigenvalue weighted by Crippen LogP contribution is -2.44. The summed E-state index contributed by atoms with van der Waals surface area (Å²) in [6, 6.07) is 7.45. The SMILES string of the molecule is O=C(c1cnc(Nc2ccccc2)nc1)N1CCC[C@H]1C(F)(F)F. The summed E-state index contributed by atoms with van der Waals surface area (Å²) in [5, 5.41) is 2.95. The summed E-state index contributed by atoms with van der Waals surface area (Å²) in [7, 11) is 0. The first-order chi connectivity index (χ1) is 11.4. The van der Waals surface area contributed by atoms with Crippen LogP contribution in [0.5, 0.6) is 0 Å². The van der Waals surface area contributed by atoms with Gasteiger partial charge in [-0.05, 0) is 25.0 Å². The highest BCUT2D eigenvalue weighted by atomic mass is 19.4. The Morgan fingerprint density at radius 3 is 2.46 bits per heavy atom. The quantitative estimate of drug-likeness (QED) is 0.933. The van der Waals surface area contributed by atoms with Crippen LogP contribution in [-0.4, -0.2) is 39.5 Å². The van der Waals surface area contributed by atoms with Gasteiger partial charge in [0.25, 0.3) is 5.91 Å². The van der Waals surface area contributed by atoms with E-state index in [1.54, 1.807) is 0 Å². The van der Waals surface area contributed by atoms with Crippen molar-refractivity contribution in [3.8, 4) is 0 Å². The third kappa shape index (κ3) is 3.47. The number of carbonyl (C=O) groups is 1. The molecule has 0 unspecified atom stereocenters. The Morgan fingerprint density at radius 2 is 1.83 bits per heavy atom. The van der Waals surface area contributed by atoms with Gasteiger partial charge in [-0.1, -0.05) is 18.2 Å². The topological polar surface area (TPSA) is 58.1 Å². The van der Waals surface area contributed by atoms with Crippen molar-refractivity contribution in [1.29, 1.82) is 0 Å². The number of halogens is 3. The molecule has 2 aromatic rings. The predicted octanol–water partition coefficient (Wildman–Crippen LogP) is 3.39. The molecule has 0 saturated carbocycles. The molecule has 5 nitrogen and oxygen atoms in total. The van der Waals surface area contributed by atoms with Crippen LogP contribution >= 0.6 is 0 Å². The zero-order valence-corrected chi connectivity index (χ0v) is 12.6. The molecule has 1 fully saturated rings. The summed E-state index contributed by atoms with van der Waals surface area (Å²) in [6.07, 6.45) is -1.66. The van der Waals surface area contributed by atoms with Gasteiger partial charge in [-0.25, -0.2) is 9.97 Å². The summed E-state index contributed by atoms with van der Waals surface area (Å²) in [5.74, 6) is -0.423. The van der Waals surface area contributed by atoms with Crippen molar-refractivity contribution in [1.82, 2.24) is 14.9 Å². The second kappa shape index (κ2) is 6.46. The van der Waals surface area contributed by atoms with Crippen molar-refractivity contribution in [3.05, 3.63) is 48.3 Å². The molecule has 3 rings (SSSR count). The molecule has 1 amide bonds. The highest BCUT2D eigenvalue weighted by molar-refractivity contribution is 5.94. The molecule has 1 atom stereocenters. The van der Waals surface area contributed by atoms with Gasteiger partial charge >= 0.3 is 6.18 Å². The van der Waals surface area contributed by atoms with Crippen molar-refractivity contribution in [2.45, 2.75) is 25.1 Å². The fraction of sp³-hybridized carbons (Fsp3) is 0.312. The van der Waals surface area contributed by atoms with Crippen LogP contribution in [0.1, 0.15) is 23.2 Å². The van der Waals surface area contributed by atoms with E-state index in [9.17, 15) is 18.0 Å². The minimum Gasteiger partial charge on any atom is -0.326 e. The maximum absolute atomic E-state index is 13.0. The smallest absolute Gasteiger partial charge is 0.326 e. The van der Waals surface area contributed by atoms with Gasteiger partial charge in [-0.3, -0.25) is 4.79 Å². The number of likely N-dealkylation sites (tertiary alicyclic amines) is 1. The molecular weight excluding hydrogens is 321 g/mol. The number of anilines is 2. The molecule has 1 aliphatic rings. The Balaban J connectivity index is 1.72. The lowest BCUT2D eigenvalue weighted by atomic mass is 10.2. The standard InChI is InChI=1S/C16H15F3N4O/c17-16(18,19)13-7-4-8-23(13)14(24)11-9-20-15(21-10-11)22-12-5-2-1-3-6-12/h1-3,5-6,9-10,13H,4,7-8H2,(H,20,21,22)/t13-/m0/s1. The molecule has 0 spiro atoms. The molecule has 1 N–H and O–H groups in total. The number of aromatic nitrogens is 2. The van der Waals surface area contributed by atoms with Gasteiger partial charge in [0.05, 0.1) is 5.56 Å². The number of benzene rings is 1. The van der Waals surface area contributed by atoms with Gasteiger partial charge in [0.15, 0.2) is 0 Å². The minimum absolute atomic E-state index is 0.0461. The van der Waals surface area contributed by atoms with Crippen LogP contribution in [-0.2, 0) is 0 Å². The lowest BCUT2D eigenvalue weighted by molar-refractivity contribution is -0.169. The van der Waals surface area contributed by atoms with E-state index in [0.29, 0.717) is 6.42 Å². The number of carbonyl (C=O) groups excluding carboxylic acids is 1. The van der Waals surface area contributed by atoms with E-state index in [4.69, 9.17) is 0 Å². The molecule has 24 heavy (non-hydrogen) atoms. The molecule has 8 heteroatoms. The molecule has 1 aliphatic heterocycles. The van der Waals surface area contributed by atoms with Crippen molar-refractivity contribution in [2.75, 3.05) is 11.9 Å². The van der Waals surface area contributed by atoms with E-state index in [-0.39, 0.29) is 24.5 Å². The number of hydrogen-bond acceptors (Lipinski definition) is 4. The van der Waals surface area contributed by atoms with Crippen LogP contribution in [0.4, 0.5) is 24.8 Å². The van der Waals surface area contributed by atoms with Gasteiger partial charge in [0.1, 0.15) is 6.04 Å². The van der Waals surface area contributed by atoms with E-state index in [2.05, 4.69) is 15.3 Å². The van der Waals surface area contributed by atoms with E-state index in [0.717, 1.165) is 10.6 Å². The van der Waals surface area contributed by atoms with Crippen molar-refractivity contribution in [2.24, 2.45) is 0 Å². The molecule has 0 bridgehead atoms. The zero-order valence-electron chi connectivity index (χ0n) is 12.6. The average molecular weight is 336 g/mol. The van der Waals surface area contributed by atoms with Crippen molar-refractivity contribution >= 4 is 17.5 Å². The molecule has 2 heterocycles. The van der Waals surface area contributed by atoms with Crippen LogP contribution in [0, 0.1) is 0 Å². The Hall–Kier alpha value is -2.64. The number of amides is 1. The van der Waals surface area contributed by atoms with E-state index < -0.39 is 18.1 Å². The summed E-state index contributed by atoms with van der Waals surface area (Å²) >= 11 is 0. The first-order valence-electron chi connectivity index (χ1n) is 7.47. The molecule has 1 aromatic carbocycles. The number of para-hydroxylation sites is 1. The van der Waals surface area contributed by atoms with Gasteiger partial charge < -0.3 is 10.2 Å². The van der Waals surface area contributed by atoms with E-state index in [1.807, 2.05) is 30.3 Å². The molecule has 1 saturated heterocycles. The third-order valence-corrected chi connectivity index (χ3v) is 3.82. The first kappa shape index (κ1) is 16.2. The third-order valence-electron chi connectivity index (χ3n) is 3.82. The fourth-order valence-corrected chi connectivity index (χ4v) is 2.67. The van der Waals surface area contributed by atoms with Gasteiger partial charge in [-0.15, -0.1) is 0 Å². The lowest BCUT2D eigenvalue weighted by Gasteiger charge is -2.26. The second-order valence-corrected chi connectivity index (χ2v) is 5.48. The van der Waals surface area contributed by atoms with Crippen molar-refractivity contribution < 1.29 is 18.0 Å². The van der Waals surface area contributed by atoms with Gasteiger partial charge in [0, 0.05) is 24.6 Å². The Bertz CT molecular complexity index is 704. The molecular formula is C16H15F3N4O. The summed E-state index contributed by atoms with van der Waals surface area (Å²) in [4.78, 5) is 21.2. The molecule has 1 aromatic heterocycles. The number of nitrogens with zero attached hydrogens (tertiary/aromatic N) is 3. The largest absolute Gasteiger partial charge is 0.408 e. The van der Waals surface area contributed by atoms with E-state index >= 15 is 0 Å². The molecule has 126 valence electrons. The summed E-state index contributed by atoms with van der Waals surface area (Å²) in [6.45, 7) is 0.0903. The van der Waals surface area contributed by atoms with E-state index in [1.165, 1.54) is 12.4 Å². The maximum Gasteiger partial charge on any atom is 0.408 e. The van der Waals surface area contributed by atoms with Crippen LogP contribution in [0.2, 0.25) is 0 Å². The summed E-state index contributed by atoms with van der Waals surface area (Å²) < 4.78 is 38.9. The summed E-state index contributed by atoms with van der Waals surface area (Å²) in [5.41, 5.74) is 0.818. The van der Waals surface area contributed by atoms with Crippen LogP contribution in [0.15, 0.2) is 42.7 Å². The highest BCUT2D eigenvalue weighted by Gasteiger charge is 2.47. The Morgan fingerprint density at radius 1 is 1.17 bits per heavy atom.